The van der Waals surface area contributed by atoms with Gasteiger partial charge in [0.15, 0.2) is 0 Å². The Labute approximate surface area is 138 Å². The normalized spacial score (nSPS) is 8.32. The summed E-state index contributed by atoms with van der Waals surface area (Å²) in [5, 5.41) is 0. The maximum Gasteiger partial charge on any atom is 0.0889 e. The van der Waals surface area contributed by atoms with Gasteiger partial charge in [-0.25, -0.2) is 0 Å². The minimum atomic E-state index is 0.945. The molecule has 0 fully saturated rings. The van der Waals surface area contributed by atoms with Crippen molar-refractivity contribution in [2.45, 2.75) is 67.7 Å². The maximum atomic E-state index is 4.62. The third-order valence-corrected chi connectivity index (χ3v) is 2.52. The Bertz CT molecular complexity index is 438. The average Bonchev–Trinajstić information content (AvgIpc) is 2.66. The van der Waals surface area contributed by atoms with Crippen LogP contribution in [0.25, 0.3) is 11.4 Å². The number of aryl methyl sites for hydroxylation is 1. The summed E-state index contributed by atoms with van der Waals surface area (Å²) in [7, 11) is 0. The van der Waals surface area contributed by atoms with Gasteiger partial charge in [0, 0.05) is 11.9 Å². The van der Waals surface area contributed by atoms with Crippen LogP contribution < -0.4 is 0 Å². The summed E-state index contributed by atoms with van der Waals surface area (Å²) in [4.78, 5) is 8.93. The third kappa shape index (κ3) is 9.28. The van der Waals surface area contributed by atoms with Crippen molar-refractivity contribution < 1.29 is 0 Å². The molecule has 2 nitrogen and oxygen atoms in total. The van der Waals surface area contributed by atoms with Crippen molar-refractivity contribution >= 4 is 0 Å². The molecule has 0 saturated heterocycles. The van der Waals surface area contributed by atoms with Crippen LogP contribution in [0.15, 0.2) is 42.6 Å². The number of hydrogen-bond acceptors (Lipinski definition) is 2. The van der Waals surface area contributed by atoms with Crippen LogP contribution in [0.5, 0.6) is 0 Å². The lowest BCUT2D eigenvalue weighted by molar-refractivity contribution is 0.777. The fourth-order valence-electron chi connectivity index (χ4n) is 1.63. The van der Waals surface area contributed by atoms with Gasteiger partial charge < -0.3 is 0 Å². The van der Waals surface area contributed by atoms with E-state index < -0.39 is 0 Å². The smallest absolute Gasteiger partial charge is 0.0889 e. The molecule has 0 aliphatic carbocycles. The Morgan fingerprint density at radius 1 is 0.773 bits per heavy atom. The van der Waals surface area contributed by atoms with Crippen LogP contribution in [0.1, 0.15) is 67.0 Å². The highest BCUT2D eigenvalue weighted by atomic mass is 14.8. The predicted octanol–water partition coefficient (Wildman–Crippen LogP) is 6.56. The van der Waals surface area contributed by atoms with Gasteiger partial charge in [-0.05, 0) is 37.1 Å². The van der Waals surface area contributed by atoms with E-state index in [2.05, 4.69) is 29.0 Å². The number of aromatic nitrogens is 2. The predicted molar refractivity (Wildman–Crippen MR) is 100 cm³/mol. The number of pyridine rings is 2. The first-order chi connectivity index (χ1) is 10.9. The highest BCUT2D eigenvalue weighted by Gasteiger charge is 2.01. The SMILES string of the molecule is CC.CC.CC.CCCCc1cccc(-c2ccccn2)n1. The summed E-state index contributed by atoms with van der Waals surface area (Å²) in [6.07, 6.45) is 5.25. The molecule has 0 aliphatic rings. The topological polar surface area (TPSA) is 25.8 Å². The second-order valence-corrected chi connectivity index (χ2v) is 3.83. The summed E-state index contributed by atoms with van der Waals surface area (Å²) in [6.45, 7) is 14.2. The van der Waals surface area contributed by atoms with Crippen molar-refractivity contribution in [1.82, 2.24) is 9.97 Å². The van der Waals surface area contributed by atoms with Crippen LogP contribution in [0.2, 0.25) is 0 Å². The molecule has 2 aromatic rings. The molecule has 124 valence electrons. The molecule has 0 saturated carbocycles. The van der Waals surface area contributed by atoms with Gasteiger partial charge in [0.05, 0.1) is 11.4 Å². The molecule has 0 amide bonds. The average molecular weight is 303 g/mol. The molecule has 0 aromatic carbocycles. The Kier molecular flexibility index (Phi) is 17.8. The van der Waals surface area contributed by atoms with Gasteiger partial charge in [-0.3, -0.25) is 9.97 Å². The van der Waals surface area contributed by atoms with E-state index >= 15 is 0 Å². The van der Waals surface area contributed by atoms with E-state index in [9.17, 15) is 0 Å². The molecule has 0 unspecified atom stereocenters. The number of rotatable bonds is 4. The molecule has 0 atom stereocenters. The van der Waals surface area contributed by atoms with Crippen molar-refractivity contribution in [3.8, 4) is 11.4 Å². The van der Waals surface area contributed by atoms with E-state index in [1.54, 1.807) is 6.20 Å². The van der Waals surface area contributed by atoms with Gasteiger partial charge in [0.2, 0.25) is 0 Å². The van der Waals surface area contributed by atoms with E-state index in [0.29, 0.717) is 0 Å². The van der Waals surface area contributed by atoms with E-state index in [-0.39, 0.29) is 0 Å². The highest BCUT2D eigenvalue weighted by Crippen LogP contribution is 2.14. The summed E-state index contributed by atoms with van der Waals surface area (Å²) in [5.74, 6) is 0. The van der Waals surface area contributed by atoms with Gasteiger partial charge in [-0.2, -0.15) is 0 Å². The van der Waals surface area contributed by atoms with Crippen LogP contribution in [0, 0.1) is 0 Å². The lowest BCUT2D eigenvalue weighted by atomic mass is 10.1. The van der Waals surface area contributed by atoms with Crippen LogP contribution in [-0.4, -0.2) is 9.97 Å². The molecular weight excluding hydrogens is 268 g/mol. The van der Waals surface area contributed by atoms with E-state index in [1.807, 2.05) is 65.8 Å². The third-order valence-electron chi connectivity index (χ3n) is 2.52. The molecule has 2 heteroatoms. The van der Waals surface area contributed by atoms with E-state index in [0.717, 1.165) is 23.5 Å². The zero-order chi connectivity index (χ0) is 17.2. The molecule has 0 N–H and O–H groups in total. The van der Waals surface area contributed by atoms with Crippen LogP contribution in [0.4, 0.5) is 0 Å². The highest BCUT2D eigenvalue weighted by molar-refractivity contribution is 5.53. The Morgan fingerprint density at radius 2 is 1.41 bits per heavy atom. The Morgan fingerprint density at radius 3 is 1.95 bits per heavy atom. The maximum absolute atomic E-state index is 4.62. The van der Waals surface area contributed by atoms with Crippen LogP contribution in [-0.2, 0) is 6.42 Å². The summed E-state index contributed by atoms with van der Waals surface area (Å²) >= 11 is 0. The molecular formula is C20H34N2. The Hall–Kier alpha value is -1.70. The monoisotopic (exact) mass is 302 g/mol. The van der Waals surface area contributed by atoms with Crippen molar-refractivity contribution in [1.29, 1.82) is 0 Å². The number of unbranched alkanes of at least 4 members (excludes halogenated alkanes) is 1. The minimum Gasteiger partial charge on any atom is -0.255 e. The van der Waals surface area contributed by atoms with Crippen molar-refractivity contribution in [3.05, 3.63) is 48.3 Å². The molecule has 0 bridgehead atoms. The minimum absolute atomic E-state index is 0.945. The first kappa shape index (κ1) is 22.6. The van der Waals surface area contributed by atoms with Crippen molar-refractivity contribution in [3.63, 3.8) is 0 Å². The summed E-state index contributed by atoms with van der Waals surface area (Å²) in [6, 6.07) is 12.1. The van der Waals surface area contributed by atoms with Gasteiger partial charge >= 0.3 is 0 Å². The van der Waals surface area contributed by atoms with Gasteiger partial charge in [-0.1, -0.05) is 67.0 Å². The lowest BCUT2D eigenvalue weighted by Crippen LogP contribution is -1.93. The van der Waals surface area contributed by atoms with E-state index in [4.69, 9.17) is 0 Å². The van der Waals surface area contributed by atoms with Gasteiger partial charge in [0.25, 0.3) is 0 Å². The van der Waals surface area contributed by atoms with Gasteiger partial charge in [-0.15, -0.1) is 0 Å². The first-order valence-electron chi connectivity index (χ1n) is 8.77. The fourth-order valence-corrected chi connectivity index (χ4v) is 1.63. The molecule has 0 radical (unpaired) electrons. The van der Waals surface area contributed by atoms with Gasteiger partial charge in [0.1, 0.15) is 0 Å². The fraction of sp³-hybridized carbons (Fsp3) is 0.500. The quantitative estimate of drug-likeness (QED) is 0.638. The zero-order valence-corrected chi connectivity index (χ0v) is 15.6. The lowest BCUT2D eigenvalue weighted by Gasteiger charge is -2.03. The first-order valence-corrected chi connectivity index (χ1v) is 8.77. The zero-order valence-electron chi connectivity index (χ0n) is 15.6. The van der Waals surface area contributed by atoms with Crippen LogP contribution in [0.3, 0.4) is 0 Å². The molecule has 2 rings (SSSR count). The molecule has 0 spiro atoms. The number of hydrogen-bond donors (Lipinski definition) is 0. The largest absolute Gasteiger partial charge is 0.255 e. The summed E-state index contributed by atoms with van der Waals surface area (Å²) in [5.41, 5.74) is 3.07. The molecule has 0 aliphatic heterocycles. The van der Waals surface area contributed by atoms with E-state index in [1.165, 1.54) is 12.8 Å². The molecule has 2 heterocycles. The standard InChI is InChI=1S/C14H16N2.3C2H6/c1-2-3-7-12-8-6-10-14(16-12)13-9-4-5-11-15-13;3*1-2/h4-6,8-11H,2-3,7H2,1H3;3*1-2H3. The number of nitrogens with zero attached hydrogens (tertiary/aromatic N) is 2. The second-order valence-electron chi connectivity index (χ2n) is 3.83. The summed E-state index contributed by atoms with van der Waals surface area (Å²) < 4.78 is 0. The van der Waals surface area contributed by atoms with Crippen molar-refractivity contribution in [2.75, 3.05) is 0 Å². The Balaban J connectivity index is 0. The van der Waals surface area contributed by atoms with Crippen LogP contribution >= 0.6 is 0 Å². The second kappa shape index (κ2) is 17.4. The molecule has 22 heavy (non-hydrogen) atoms. The van der Waals surface area contributed by atoms with Crippen molar-refractivity contribution in [2.24, 2.45) is 0 Å². The molecule has 2 aromatic heterocycles.